The first kappa shape index (κ1) is 16.1. The highest BCUT2D eigenvalue weighted by Gasteiger charge is 2.15. The molecule has 0 unspecified atom stereocenters. The van der Waals surface area contributed by atoms with E-state index in [2.05, 4.69) is 30.8 Å². The Bertz CT molecular complexity index is 1030. The predicted molar refractivity (Wildman–Crippen MR) is 94.9 cm³/mol. The van der Waals surface area contributed by atoms with Crippen molar-refractivity contribution in [1.29, 1.82) is 0 Å². The molecule has 0 spiro atoms. The van der Waals surface area contributed by atoms with Crippen molar-refractivity contribution in [3.05, 3.63) is 71.4 Å². The fourth-order valence-electron chi connectivity index (χ4n) is 2.69. The molecule has 130 valence electrons. The average molecular weight is 349 g/mol. The Morgan fingerprint density at radius 3 is 2.65 bits per heavy atom. The first-order valence-corrected chi connectivity index (χ1v) is 8.14. The van der Waals surface area contributed by atoms with Crippen molar-refractivity contribution in [2.24, 2.45) is 0 Å². The average Bonchev–Trinajstić information content (AvgIpc) is 3.09. The second kappa shape index (κ2) is 6.83. The molecule has 0 aliphatic heterocycles. The smallest absolute Gasteiger partial charge is 0.176 e. The van der Waals surface area contributed by atoms with E-state index in [4.69, 9.17) is 0 Å². The topological polar surface area (TPSA) is 81.4 Å². The fraction of sp³-hybridized carbons (Fsp3) is 0.167. The summed E-state index contributed by atoms with van der Waals surface area (Å²) in [6.07, 6.45) is 3.52. The van der Waals surface area contributed by atoms with E-state index in [9.17, 15) is 4.39 Å². The van der Waals surface area contributed by atoms with Gasteiger partial charge in [-0.05, 0) is 36.2 Å². The lowest BCUT2D eigenvalue weighted by Crippen LogP contribution is -2.08. The lowest BCUT2D eigenvalue weighted by Gasteiger charge is -2.09. The van der Waals surface area contributed by atoms with Crippen molar-refractivity contribution >= 4 is 16.9 Å². The van der Waals surface area contributed by atoms with E-state index in [1.54, 1.807) is 29.2 Å². The molecule has 0 aliphatic carbocycles. The van der Waals surface area contributed by atoms with Crippen LogP contribution in [0.4, 0.5) is 10.2 Å². The Labute approximate surface area is 148 Å². The third kappa shape index (κ3) is 3.21. The van der Waals surface area contributed by atoms with Crippen LogP contribution in [-0.4, -0.2) is 30.2 Å². The van der Waals surface area contributed by atoms with Gasteiger partial charge in [-0.1, -0.05) is 23.4 Å². The van der Waals surface area contributed by atoms with E-state index in [1.807, 2.05) is 19.1 Å². The minimum atomic E-state index is -0.266. The first-order valence-electron chi connectivity index (χ1n) is 8.14. The monoisotopic (exact) mass is 349 g/mol. The first-order chi connectivity index (χ1) is 12.7. The number of hydrogen-bond donors (Lipinski definition) is 1. The molecule has 0 bridgehead atoms. The highest BCUT2D eigenvalue weighted by molar-refractivity contribution is 5.86. The summed E-state index contributed by atoms with van der Waals surface area (Å²) in [6.45, 7) is 2.86. The number of aryl methyl sites for hydroxylation is 1. The summed E-state index contributed by atoms with van der Waals surface area (Å²) in [5, 5.41) is 20.2. The zero-order chi connectivity index (χ0) is 17.9. The van der Waals surface area contributed by atoms with E-state index in [-0.39, 0.29) is 5.82 Å². The fourth-order valence-corrected chi connectivity index (χ4v) is 2.69. The van der Waals surface area contributed by atoms with Crippen LogP contribution in [0.5, 0.6) is 0 Å². The van der Waals surface area contributed by atoms with Crippen LogP contribution in [0, 0.1) is 12.7 Å². The summed E-state index contributed by atoms with van der Waals surface area (Å²) >= 11 is 0. The molecule has 4 aromatic rings. The van der Waals surface area contributed by atoms with Gasteiger partial charge in [-0.25, -0.2) is 9.07 Å². The Balaban J connectivity index is 1.67. The molecule has 1 aromatic carbocycles. The lowest BCUT2D eigenvalue weighted by molar-refractivity contribution is 0.624. The maximum absolute atomic E-state index is 13.1. The largest absolute Gasteiger partial charge is 0.363 e. The number of nitrogens with one attached hydrogen (secondary N) is 1. The summed E-state index contributed by atoms with van der Waals surface area (Å²) in [6, 6.07) is 10.2. The minimum absolute atomic E-state index is 0.266. The van der Waals surface area contributed by atoms with E-state index in [0.29, 0.717) is 30.1 Å². The molecule has 3 aromatic heterocycles. The van der Waals surface area contributed by atoms with Gasteiger partial charge in [0.2, 0.25) is 0 Å². The van der Waals surface area contributed by atoms with Crippen LogP contribution in [0.1, 0.15) is 16.8 Å². The Hall–Kier alpha value is -3.42. The number of fused-ring (bicyclic) bond motifs is 1. The van der Waals surface area contributed by atoms with Gasteiger partial charge in [-0.15, -0.1) is 10.2 Å². The Morgan fingerprint density at radius 1 is 1.04 bits per heavy atom. The van der Waals surface area contributed by atoms with Crippen LogP contribution in [0.3, 0.4) is 0 Å². The van der Waals surface area contributed by atoms with Crippen molar-refractivity contribution in [2.45, 2.75) is 20.0 Å². The maximum atomic E-state index is 13.1. The predicted octanol–water partition coefficient (Wildman–Crippen LogP) is 2.72. The van der Waals surface area contributed by atoms with Crippen LogP contribution in [0.25, 0.3) is 11.0 Å². The second-order valence-electron chi connectivity index (χ2n) is 5.92. The van der Waals surface area contributed by atoms with E-state index in [1.165, 1.54) is 12.1 Å². The zero-order valence-corrected chi connectivity index (χ0v) is 14.1. The number of benzene rings is 1. The standard InChI is InChI=1S/C18H16FN7/c1-12-16-17(18(24-22-12)21-10-14-3-2-8-20-9-14)26(25-23-16)11-13-4-6-15(19)7-5-13/h2-9H,10-11H2,1H3,(H,21,24). The number of pyridine rings is 1. The molecule has 0 saturated heterocycles. The number of nitrogens with zero attached hydrogens (tertiary/aromatic N) is 6. The summed E-state index contributed by atoms with van der Waals surface area (Å²) in [7, 11) is 0. The highest BCUT2D eigenvalue weighted by Crippen LogP contribution is 2.22. The molecule has 0 radical (unpaired) electrons. The van der Waals surface area contributed by atoms with Gasteiger partial charge in [-0.3, -0.25) is 4.98 Å². The quantitative estimate of drug-likeness (QED) is 0.597. The summed E-state index contributed by atoms with van der Waals surface area (Å²) < 4.78 is 14.9. The zero-order valence-electron chi connectivity index (χ0n) is 14.1. The molecule has 0 aliphatic rings. The van der Waals surface area contributed by atoms with Crippen LogP contribution in [0.2, 0.25) is 0 Å². The van der Waals surface area contributed by atoms with Crippen LogP contribution in [0.15, 0.2) is 48.8 Å². The van der Waals surface area contributed by atoms with Gasteiger partial charge >= 0.3 is 0 Å². The third-order valence-electron chi connectivity index (χ3n) is 4.03. The number of aromatic nitrogens is 6. The molecule has 7 nitrogen and oxygen atoms in total. The summed E-state index contributed by atoms with van der Waals surface area (Å²) in [4.78, 5) is 4.11. The minimum Gasteiger partial charge on any atom is -0.363 e. The Kier molecular flexibility index (Phi) is 4.22. The molecule has 8 heteroatoms. The van der Waals surface area contributed by atoms with Gasteiger partial charge in [0.15, 0.2) is 5.82 Å². The molecule has 0 atom stereocenters. The van der Waals surface area contributed by atoms with Gasteiger partial charge in [0.1, 0.15) is 16.9 Å². The molecule has 4 rings (SSSR count). The van der Waals surface area contributed by atoms with Crippen LogP contribution >= 0.6 is 0 Å². The SMILES string of the molecule is Cc1nnc(NCc2cccnc2)c2c1nnn2Cc1ccc(F)cc1. The Morgan fingerprint density at radius 2 is 1.88 bits per heavy atom. The van der Waals surface area contributed by atoms with Gasteiger partial charge < -0.3 is 5.32 Å². The second-order valence-corrected chi connectivity index (χ2v) is 5.92. The van der Waals surface area contributed by atoms with Crippen molar-refractivity contribution in [3.8, 4) is 0 Å². The van der Waals surface area contributed by atoms with Gasteiger partial charge in [0, 0.05) is 18.9 Å². The summed E-state index contributed by atoms with van der Waals surface area (Å²) in [5.41, 5.74) is 4.12. The van der Waals surface area contributed by atoms with Crippen molar-refractivity contribution in [1.82, 2.24) is 30.2 Å². The van der Waals surface area contributed by atoms with E-state index >= 15 is 0 Å². The normalized spacial score (nSPS) is 11.0. The lowest BCUT2D eigenvalue weighted by atomic mass is 10.2. The third-order valence-corrected chi connectivity index (χ3v) is 4.03. The van der Waals surface area contributed by atoms with Crippen LogP contribution < -0.4 is 5.32 Å². The van der Waals surface area contributed by atoms with Crippen molar-refractivity contribution < 1.29 is 4.39 Å². The molecule has 0 saturated carbocycles. The van der Waals surface area contributed by atoms with Gasteiger partial charge in [0.05, 0.1) is 12.2 Å². The van der Waals surface area contributed by atoms with Crippen molar-refractivity contribution in [2.75, 3.05) is 5.32 Å². The van der Waals surface area contributed by atoms with Gasteiger partial charge in [-0.2, -0.15) is 5.10 Å². The molecule has 0 amide bonds. The molecular formula is C18H16FN7. The van der Waals surface area contributed by atoms with Gasteiger partial charge in [0.25, 0.3) is 0 Å². The van der Waals surface area contributed by atoms with E-state index < -0.39 is 0 Å². The van der Waals surface area contributed by atoms with Crippen molar-refractivity contribution in [3.63, 3.8) is 0 Å². The number of halogens is 1. The summed E-state index contributed by atoms with van der Waals surface area (Å²) in [5.74, 6) is 0.333. The highest BCUT2D eigenvalue weighted by atomic mass is 19.1. The molecule has 26 heavy (non-hydrogen) atoms. The molecular weight excluding hydrogens is 333 g/mol. The number of anilines is 1. The molecule has 1 N–H and O–H groups in total. The number of hydrogen-bond acceptors (Lipinski definition) is 6. The van der Waals surface area contributed by atoms with E-state index in [0.717, 1.165) is 16.6 Å². The molecule has 0 fully saturated rings. The number of rotatable bonds is 5. The maximum Gasteiger partial charge on any atom is 0.176 e. The van der Waals surface area contributed by atoms with Crippen LogP contribution in [-0.2, 0) is 13.1 Å². The molecule has 3 heterocycles.